The molecule has 0 bridgehead atoms. The molecule has 2 aromatic heterocycles. The van der Waals surface area contributed by atoms with Gasteiger partial charge in [-0.3, -0.25) is 14.2 Å². The Bertz CT molecular complexity index is 2900. The highest BCUT2D eigenvalue weighted by molar-refractivity contribution is 7.54. The molecule has 0 saturated carbocycles. The second kappa shape index (κ2) is 22.0. The lowest BCUT2D eigenvalue weighted by molar-refractivity contribution is -0.189. The lowest BCUT2D eigenvalue weighted by Gasteiger charge is -2.39. The highest BCUT2D eigenvalue weighted by atomic mass is 31.2. The van der Waals surface area contributed by atoms with Crippen LogP contribution in [0, 0.1) is 0 Å². The molecule has 1 amide bonds. The predicted molar refractivity (Wildman–Crippen MR) is 273 cm³/mol. The number of nitrogens with zero attached hydrogens (tertiary/aromatic N) is 4. The van der Waals surface area contributed by atoms with Crippen molar-refractivity contribution in [1.82, 2.24) is 19.4 Å². The minimum Gasteiger partial charge on any atom is -0.497 e. The number of benzene rings is 3. The summed E-state index contributed by atoms with van der Waals surface area (Å²) >= 11 is 0. The Morgan fingerprint density at radius 3 is 2.25 bits per heavy atom. The van der Waals surface area contributed by atoms with Crippen LogP contribution in [0.25, 0.3) is 22.3 Å². The van der Waals surface area contributed by atoms with E-state index in [-0.39, 0.29) is 56.4 Å². The summed E-state index contributed by atoms with van der Waals surface area (Å²) in [7, 11) is -2.07. The number of methoxy groups -OCH3 is 1. The quantitative estimate of drug-likeness (QED) is 0.0635. The van der Waals surface area contributed by atoms with E-state index in [2.05, 4.69) is 10.2 Å². The monoisotopic (exact) mass is 1000 g/mol. The van der Waals surface area contributed by atoms with Gasteiger partial charge in [0, 0.05) is 47.8 Å². The molecule has 4 aliphatic heterocycles. The van der Waals surface area contributed by atoms with E-state index in [9.17, 15) is 23.7 Å². The summed E-state index contributed by atoms with van der Waals surface area (Å²) in [6.45, 7) is 11.4. The minimum atomic E-state index is -3.65. The number of likely N-dealkylation sites (tertiary alicyclic amines) is 2. The zero-order valence-corrected chi connectivity index (χ0v) is 42.9. The zero-order chi connectivity index (χ0) is 50.6. The number of esters is 2. The summed E-state index contributed by atoms with van der Waals surface area (Å²) in [5, 5.41) is 4.20. The maximum atomic E-state index is 14.4. The number of amides is 1. The second-order valence-corrected chi connectivity index (χ2v) is 21.0. The fourth-order valence-electron chi connectivity index (χ4n) is 10.9. The summed E-state index contributed by atoms with van der Waals surface area (Å²) in [6, 6.07) is 22.6. The van der Waals surface area contributed by atoms with Gasteiger partial charge in [0.2, 0.25) is 5.60 Å². The van der Waals surface area contributed by atoms with E-state index in [4.69, 9.17) is 33.0 Å². The van der Waals surface area contributed by atoms with Crippen molar-refractivity contribution in [3.8, 4) is 22.9 Å². The van der Waals surface area contributed by atoms with Crippen LogP contribution in [0.4, 0.5) is 10.5 Å². The number of cyclic esters (lactones) is 1. The molecular weight excluding hydrogens is 938 g/mol. The van der Waals surface area contributed by atoms with Crippen molar-refractivity contribution in [3.05, 3.63) is 117 Å². The van der Waals surface area contributed by atoms with Crippen LogP contribution >= 0.6 is 7.60 Å². The summed E-state index contributed by atoms with van der Waals surface area (Å²) in [5.41, 5.74) is 4.44. The van der Waals surface area contributed by atoms with E-state index in [1.54, 1.807) is 61.6 Å². The number of fused-ring (bicyclic) bond motifs is 5. The number of anilines is 1. The molecule has 0 radical (unpaired) electrons. The summed E-state index contributed by atoms with van der Waals surface area (Å²) < 4.78 is 50.3. The van der Waals surface area contributed by atoms with Gasteiger partial charge < -0.3 is 47.7 Å². The first-order valence-corrected chi connectivity index (χ1v) is 27.2. The van der Waals surface area contributed by atoms with Gasteiger partial charge in [-0.15, -0.1) is 0 Å². The summed E-state index contributed by atoms with van der Waals surface area (Å²) in [4.78, 5) is 64.8. The van der Waals surface area contributed by atoms with Crippen molar-refractivity contribution in [2.24, 2.45) is 0 Å². The number of aromatic nitrogens is 2. The smallest absolute Gasteiger partial charge is 0.415 e. The van der Waals surface area contributed by atoms with Gasteiger partial charge in [-0.05, 0) is 144 Å². The van der Waals surface area contributed by atoms with Gasteiger partial charge in [0.25, 0.3) is 5.56 Å². The average Bonchev–Trinajstić information content (AvgIpc) is 3.77. The first kappa shape index (κ1) is 50.9. The topological polar surface area (TPSA) is 177 Å². The van der Waals surface area contributed by atoms with Crippen LogP contribution in [-0.2, 0) is 64.3 Å². The molecule has 3 aromatic carbocycles. The molecular formula is C55H66N5O11P. The Morgan fingerprint density at radius 2 is 1.58 bits per heavy atom. The van der Waals surface area contributed by atoms with Crippen molar-refractivity contribution < 1.29 is 46.9 Å². The number of aryl methyl sites for hydroxylation is 2. The largest absolute Gasteiger partial charge is 0.497 e. The SMILES string of the molecule is CCOP(=O)(OCC)C(Nc1ccc(CCCC(=O)OC2(CC)C(=O)OCc3c2cc2n(c3=O)Cc3c-2nc2ccc(OC(=O)N4CCC(N5CCCCC5)CC4)cc2c3CC)cc1)c1ccc(OC)cc1. The lowest BCUT2D eigenvalue weighted by Crippen LogP contribution is -2.48. The van der Waals surface area contributed by atoms with E-state index in [1.807, 2.05) is 55.5 Å². The molecule has 72 heavy (non-hydrogen) atoms. The van der Waals surface area contributed by atoms with E-state index < -0.39 is 30.9 Å². The van der Waals surface area contributed by atoms with Crippen LogP contribution in [-0.4, -0.2) is 89.9 Å². The second-order valence-electron chi connectivity index (χ2n) is 18.9. The first-order chi connectivity index (χ1) is 34.9. The van der Waals surface area contributed by atoms with Crippen molar-refractivity contribution in [2.75, 3.05) is 51.8 Å². The Hall–Kier alpha value is -6.06. The molecule has 17 heteroatoms. The lowest BCUT2D eigenvalue weighted by atomic mass is 9.85. The van der Waals surface area contributed by atoms with Crippen molar-refractivity contribution >= 4 is 42.2 Å². The summed E-state index contributed by atoms with van der Waals surface area (Å²) in [5.74, 6) is -1.02. The Balaban J connectivity index is 0.881. The molecule has 1 N–H and O–H groups in total. The molecule has 2 atom stereocenters. The third-order valence-corrected chi connectivity index (χ3v) is 17.0. The molecule has 0 spiro atoms. The number of carbonyl (C=O) groups is 3. The van der Waals surface area contributed by atoms with Crippen molar-refractivity contribution in [3.63, 3.8) is 0 Å². The van der Waals surface area contributed by atoms with Gasteiger partial charge >= 0.3 is 25.6 Å². The summed E-state index contributed by atoms with van der Waals surface area (Å²) in [6.07, 6.45) is 6.95. The fraction of sp³-hybridized carbons (Fsp3) is 0.473. The average molecular weight is 1000 g/mol. The standard InChI is InChI=1S/C55H66N5O11P/c1-6-42-43-32-41(70-54(64)59-30-26-39(27-31-59)58-28-11-10-12-29-58)24-25-47(43)57-50-44(42)34-60-48(50)33-46-45(52(60)62)35-67-53(63)55(46,7-2)71-49(61)15-13-14-36-16-20-38(21-17-36)56-51(72(65,68-8-3)69-9-4)37-18-22-40(66-5)23-19-37/h16-25,32-33,39,51,56H,6-15,26-31,34-35H2,1-5H3. The molecule has 2 unspecified atom stereocenters. The van der Waals surface area contributed by atoms with Crippen LogP contribution in [0.3, 0.4) is 0 Å². The van der Waals surface area contributed by atoms with Gasteiger partial charge in [-0.1, -0.05) is 44.5 Å². The molecule has 9 rings (SSSR count). The van der Waals surface area contributed by atoms with Crippen LogP contribution in [0.1, 0.15) is 118 Å². The number of piperidine rings is 2. The minimum absolute atomic E-state index is 0.00447. The third kappa shape index (κ3) is 10.2. The van der Waals surface area contributed by atoms with Crippen LogP contribution in [0.2, 0.25) is 0 Å². The maximum Gasteiger partial charge on any atom is 0.415 e. The molecule has 2 saturated heterocycles. The van der Waals surface area contributed by atoms with Gasteiger partial charge in [-0.2, -0.15) is 0 Å². The van der Waals surface area contributed by atoms with Gasteiger partial charge in [0.05, 0.1) is 49.3 Å². The van der Waals surface area contributed by atoms with E-state index >= 15 is 0 Å². The van der Waals surface area contributed by atoms with E-state index in [0.29, 0.717) is 83.6 Å². The third-order valence-electron chi connectivity index (χ3n) is 14.7. The van der Waals surface area contributed by atoms with Gasteiger partial charge in [-0.25, -0.2) is 14.6 Å². The van der Waals surface area contributed by atoms with Crippen LogP contribution < -0.4 is 20.3 Å². The molecule has 4 aliphatic rings. The Morgan fingerprint density at radius 1 is 0.875 bits per heavy atom. The molecule has 0 aliphatic carbocycles. The molecule has 2 fully saturated rings. The first-order valence-electron chi connectivity index (χ1n) is 25.6. The predicted octanol–water partition coefficient (Wildman–Crippen LogP) is 10.1. The fourth-order valence-corrected chi connectivity index (χ4v) is 12.8. The number of pyridine rings is 2. The maximum absolute atomic E-state index is 14.4. The molecule has 5 aromatic rings. The van der Waals surface area contributed by atoms with E-state index in [0.717, 1.165) is 48.0 Å². The zero-order valence-electron chi connectivity index (χ0n) is 42.0. The number of rotatable bonds is 18. The van der Waals surface area contributed by atoms with E-state index in [1.165, 1.54) is 19.3 Å². The van der Waals surface area contributed by atoms with Gasteiger partial charge in [0.1, 0.15) is 18.1 Å². The molecule has 16 nitrogen and oxygen atoms in total. The Kier molecular flexibility index (Phi) is 15.5. The number of carbonyl (C=O) groups excluding carboxylic acids is 3. The number of nitrogens with one attached hydrogen (secondary N) is 1. The number of hydrogen-bond donors (Lipinski definition) is 1. The van der Waals surface area contributed by atoms with Crippen LogP contribution in [0.15, 0.2) is 77.6 Å². The number of hydrogen-bond acceptors (Lipinski definition) is 14. The highest BCUT2D eigenvalue weighted by Crippen LogP contribution is 2.61. The van der Waals surface area contributed by atoms with Crippen molar-refractivity contribution in [1.29, 1.82) is 0 Å². The highest BCUT2D eigenvalue weighted by Gasteiger charge is 2.50. The number of ether oxygens (including phenoxy) is 4. The van der Waals surface area contributed by atoms with Crippen LogP contribution in [0.5, 0.6) is 11.5 Å². The molecule has 6 heterocycles. The Labute approximate surface area is 420 Å². The van der Waals surface area contributed by atoms with Gasteiger partial charge in [0.15, 0.2) is 5.78 Å². The van der Waals surface area contributed by atoms with Crippen molar-refractivity contribution in [2.45, 2.75) is 122 Å². The normalized spacial score (nSPS) is 18.5. The molecule has 382 valence electrons.